The molecule has 0 bridgehead atoms. The zero-order valence-corrected chi connectivity index (χ0v) is 15.3. The maximum Gasteiger partial charge on any atom is 0.338 e. The lowest BCUT2D eigenvalue weighted by atomic mass is 10.2. The molecule has 3 rings (SSSR count). The van der Waals surface area contributed by atoms with E-state index in [1.165, 1.54) is 34.9 Å². The maximum absolute atomic E-state index is 12.9. The lowest BCUT2D eigenvalue weighted by Crippen LogP contribution is -2.30. The van der Waals surface area contributed by atoms with Gasteiger partial charge in [0, 0.05) is 18.5 Å². The summed E-state index contributed by atoms with van der Waals surface area (Å²) in [6, 6.07) is 10.7. The lowest BCUT2D eigenvalue weighted by Gasteiger charge is -2.18. The molecule has 0 aromatic heterocycles. The van der Waals surface area contributed by atoms with Gasteiger partial charge in [0.15, 0.2) is 6.61 Å². The van der Waals surface area contributed by atoms with Crippen LogP contribution in [0, 0.1) is 5.82 Å². The third-order valence-electron chi connectivity index (χ3n) is 3.93. The van der Waals surface area contributed by atoms with Gasteiger partial charge in [-0.05, 0) is 35.9 Å². The number of fused-ring (bicyclic) bond motifs is 1. The Hall–Kier alpha value is -2.87. The minimum atomic E-state index is -0.647. The number of halogens is 1. The van der Waals surface area contributed by atoms with E-state index in [-0.39, 0.29) is 29.7 Å². The minimum Gasteiger partial charge on any atom is -0.452 e. The van der Waals surface area contributed by atoms with Gasteiger partial charge in [0.2, 0.25) is 5.91 Å². The van der Waals surface area contributed by atoms with Gasteiger partial charge in [0.1, 0.15) is 5.82 Å². The molecule has 1 heterocycles. The zero-order chi connectivity index (χ0) is 19.4. The van der Waals surface area contributed by atoms with E-state index >= 15 is 0 Å². The average molecular weight is 388 g/mol. The molecule has 2 amide bonds. The number of nitrogens with one attached hydrogen (secondary N) is 1. The molecular formula is C19H17FN2O4S. The average Bonchev–Trinajstić information content (AvgIpc) is 2.66. The largest absolute Gasteiger partial charge is 0.452 e. The van der Waals surface area contributed by atoms with Crippen molar-refractivity contribution >= 4 is 35.2 Å². The first kappa shape index (κ1) is 18.9. The quantitative estimate of drug-likeness (QED) is 0.797. The summed E-state index contributed by atoms with van der Waals surface area (Å²) >= 11 is 1.39. The molecule has 0 radical (unpaired) electrons. The molecule has 0 fully saturated rings. The standard InChI is InChI=1S/C19H17FN2O4S/c1-22(9-12-2-5-14(20)6-3-12)18(24)10-26-19(25)13-4-7-16-15(8-13)21-17(23)11-27-16/h2-8H,9-11H2,1H3,(H,21,23). The molecule has 2 aromatic rings. The van der Waals surface area contributed by atoms with Gasteiger partial charge in [0.25, 0.3) is 5.91 Å². The van der Waals surface area contributed by atoms with Crippen molar-refractivity contribution in [2.45, 2.75) is 11.4 Å². The molecule has 140 valence electrons. The minimum absolute atomic E-state index is 0.129. The zero-order valence-electron chi connectivity index (χ0n) is 14.5. The monoisotopic (exact) mass is 388 g/mol. The van der Waals surface area contributed by atoms with E-state index in [4.69, 9.17) is 4.74 Å². The summed E-state index contributed by atoms with van der Waals surface area (Å²) in [7, 11) is 1.57. The van der Waals surface area contributed by atoms with Gasteiger partial charge in [-0.3, -0.25) is 9.59 Å². The Morgan fingerprint density at radius 3 is 2.70 bits per heavy atom. The van der Waals surface area contributed by atoms with Gasteiger partial charge < -0.3 is 15.0 Å². The predicted molar refractivity (Wildman–Crippen MR) is 99.0 cm³/mol. The van der Waals surface area contributed by atoms with Crippen molar-refractivity contribution in [1.29, 1.82) is 0 Å². The summed E-state index contributed by atoms with van der Waals surface area (Å²) in [6.07, 6.45) is 0. The Kier molecular flexibility index (Phi) is 5.75. The Bertz CT molecular complexity index is 886. The second kappa shape index (κ2) is 8.22. The van der Waals surface area contributed by atoms with E-state index in [1.807, 2.05) is 0 Å². The molecule has 1 aliphatic rings. The van der Waals surface area contributed by atoms with Crippen molar-refractivity contribution in [3.05, 3.63) is 59.4 Å². The van der Waals surface area contributed by atoms with Crippen LogP contribution in [0.4, 0.5) is 10.1 Å². The molecular weight excluding hydrogens is 371 g/mol. The molecule has 2 aromatic carbocycles. The number of carbonyl (C=O) groups is 3. The molecule has 0 aliphatic carbocycles. The highest BCUT2D eigenvalue weighted by atomic mass is 32.2. The molecule has 0 spiro atoms. The molecule has 0 saturated carbocycles. The normalized spacial score (nSPS) is 12.7. The van der Waals surface area contributed by atoms with Crippen molar-refractivity contribution in [2.24, 2.45) is 0 Å². The Balaban J connectivity index is 1.55. The summed E-state index contributed by atoms with van der Waals surface area (Å²) in [5, 5.41) is 2.70. The van der Waals surface area contributed by atoms with Crippen LogP contribution in [0.1, 0.15) is 15.9 Å². The van der Waals surface area contributed by atoms with Gasteiger partial charge in [-0.15, -0.1) is 11.8 Å². The number of ether oxygens (including phenoxy) is 1. The number of rotatable bonds is 5. The highest BCUT2D eigenvalue weighted by Gasteiger charge is 2.19. The van der Waals surface area contributed by atoms with Gasteiger partial charge in [0.05, 0.1) is 17.0 Å². The molecule has 0 atom stereocenters. The third-order valence-corrected chi connectivity index (χ3v) is 5.01. The van der Waals surface area contributed by atoms with Crippen LogP contribution in [0.15, 0.2) is 47.4 Å². The van der Waals surface area contributed by atoms with Crippen LogP contribution in [0.3, 0.4) is 0 Å². The number of hydrogen-bond donors (Lipinski definition) is 1. The van der Waals surface area contributed by atoms with E-state index in [0.29, 0.717) is 11.4 Å². The second-order valence-corrected chi connectivity index (χ2v) is 7.02. The van der Waals surface area contributed by atoms with E-state index in [9.17, 15) is 18.8 Å². The highest BCUT2D eigenvalue weighted by molar-refractivity contribution is 8.00. The fourth-order valence-corrected chi connectivity index (χ4v) is 3.27. The molecule has 6 nitrogen and oxygen atoms in total. The van der Waals surface area contributed by atoms with E-state index < -0.39 is 12.6 Å². The molecule has 27 heavy (non-hydrogen) atoms. The van der Waals surface area contributed by atoms with Crippen LogP contribution in [-0.4, -0.2) is 42.1 Å². The topological polar surface area (TPSA) is 75.7 Å². The molecule has 0 saturated heterocycles. The van der Waals surface area contributed by atoms with Crippen LogP contribution in [-0.2, 0) is 20.9 Å². The van der Waals surface area contributed by atoms with Crippen LogP contribution >= 0.6 is 11.8 Å². The van der Waals surface area contributed by atoms with Crippen molar-refractivity contribution in [3.8, 4) is 0 Å². The fourth-order valence-electron chi connectivity index (χ4n) is 2.48. The van der Waals surface area contributed by atoms with E-state index in [1.54, 1.807) is 31.3 Å². The van der Waals surface area contributed by atoms with Gasteiger partial charge >= 0.3 is 5.97 Å². The number of thioether (sulfide) groups is 1. The number of benzene rings is 2. The third kappa shape index (κ3) is 4.85. The SMILES string of the molecule is CN(Cc1ccc(F)cc1)C(=O)COC(=O)c1ccc2c(c1)NC(=O)CS2. The first-order valence-electron chi connectivity index (χ1n) is 8.14. The van der Waals surface area contributed by atoms with Gasteiger partial charge in [-0.1, -0.05) is 12.1 Å². The summed E-state index contributed by atoms with van der Waals surface area (Å²) < 4.78 is 18.0. The summed E-state index contributed by atoms with van der Waals surface area (Å²) in [6.45, 7) is -0.131. The molecule has 1 N–H and O–H groups in total. The first-order valence-corrected chi connectivity index (χ1v) is 9.13. The highest BCUT2D eigenvalue weighted by Crippen LogP contribution is 2.32. The van der Waals surface area contributed by atoms with Crippen LogP contribution in [0.5, 0.6) is 0 Å². The Labute approximate surface area is 159 Å². The van der Waals surface area contributed by atoms with Gasteiger partial charge in [-0.25, -0.2) is 9.18 Å². The first-order chi connectivity index (χ1) is 12.9. The fraction of sp³-hybridized carbons (Fsp3) is 0.211. The predicted octanol–water partition coefficient (Wildman–Crippen LogP) is 2.69. The van der Waals surface area contributed by atoms with E-state index in [0.717, 1.165) is 10.5 Å². The number of likely N-dealkylation sites (N-methyl/N-ethyl adjacent to an activating group) is 1. The van der Waals surface area contributed by atoms with Crippen LogP contribution in [0.25, 0.3) is 0 Å². The Morgan fingerprint density at radius 2 is 1.96 bits per heavy atom. The van der Waals surface area contributed by atoms with Crippen molar-refractivity contribution in [3.63, 3.8) is 0 Å². The van der Waals surface area contributed by atoms with Crippen LogP contribution in [0.2, 0.25) is 0 Å². The number of hydrogen-bond acceptors (Lipinski definition) is 5. The lowest BCUT2D eigenvalue weighted by molar-refractivity contribution is -0.133. The van der Waals surface area contributed by atoms with Gasteiger partial charge in [-0.2, -0.15) is 0 Å². The number of esters is 1. The van der Waals surface area contributed by atoms with E-state index in [2.05, 4.69) is 5.32 Å². The smallest absolute Gasteiger partial charge is 0.338 e. The Morgan fingerprint density at radius 1 is 1.22 bits per heavy atom. The number of amides is 2. The maximum atomic E-state index is 12.9. The summed E-state index contributed by atoms with van der Waals surface area (Å²) in [5.74, 6) is -1.16. The van der Waals surface area contributed by atoms with Crippen molar-refractivity contribution in [2.75, 3.05) is 24.7 Å². The summed E-state index contributed by atoms with van der Waals surface area (Å²) in [5.41, 5.74) is 1.58. The second-order valence-electron chi connectivity index (χ2n) is 6.00. The summed E-state index contributed by atoms with van der Waals surface area (Å²) in [4.78, 5) is 38.0. The van der Waals surface area contributed by atoms with Crippen molar-refractivity contribution in [1.82, 2.24) is 4.90 Å². The number of carbonyl (C=O) groups excluding carboxylic acids is 3. The van der Waals surface area contributed by atoms with Crippen molar-refractivity contribution < 1.29 is 23.5 Å². The molecule has 8 heteroatoms. The molecule has 1 aliphatic heterocycles. The number of anilines is 1. The molecule has 0 unspecified atom stereocenters. The number of nitrogens with zero attached hydrogens (tertiary/aromatic N) is 1. The van der Waals surface area contributed by atoms with Crippen LogP contribution < -0.4 is 5.32 Å².